The number of halogens is 1. The third-order valence-electron chi connectivity index (χ3n) is 4.89. The van der Waals surface area contributed by atoms with Crippen LogP contribution in [0.5, 0.6) is 5.75 Å². The van der Waals surface area contributed by atoms with E-state index in [-0.39, 0.29) is 23.3 Å². The van der Waals surface area contributed by atoms with Gasteiger partial charge in [-0.25, -0.2) is 12.8 Å². The van der Waals surface area contributed by atoms with E-state index in [1.54, 1.807) is 31.4 Å². The quantitative estimate of drug-likeness (QED) is 0.413. The van der Waals surface area contributed by atoms with Crippen LogP contribution >= 0.6 is 0 Å². The average molecular weight is 453 g/mol. The molecule has 1 N–H and O–H groups in total. The van der Waals surface area contributed by atoms with Gasteiger partial charge in [-0.2, -0.15) is 4.98 Å². The highest BCUT2D eigenvalue weighted by atomic mass is 32.2. The second-order valence-electron chi connectivity index (χ2n) is 7.15. The number of hydrogen-bond acceptors (Lipinski definition) is 6. The summed E-state index contributed by atoms with van der Waals surface area (Å²) < 4.78 is 51.8. The molecule has 164 valence electrons. The van der Waals surface area contributed by atoms with E-state index >= 15 is 0 Å². The third-order valence-corrected chi connectivity index (χ3v) is 6.58. The number of rotatable bonds is 7. The number of methoxy groups -OCH3 is 1. The fraction of sp³-hybridized carbons (Fsp3) is 0.125. The number of ether oxygens (including phenoxy) is 1. The van der Waals surface area contributed by atoms with Gasteiger partial charge in [-0.15, -0.1) is 0 Å². The Kier molecular flexibility index (Phi) is 5.96. The molecular weight excluding hydrogens is 431 g/mol. The topological polar surface area (TPSA) is 81.4 Å². The van der Waals surface area contributed by atoms with Crippen molar-refractivity contribution < 1.29 is 22.0 Å². The van der Waals surface area contributed by atoms with Crippen molar-refractivity contribution in [3.8, 4) is 17.2 Å². The Hall–Kier alpha value is -3.65. The Morgan fingerprint density at radius 3 is 2.34 bits per heavy atom. The first-order valence-electron chi connectivity index (χ1n) is 9.83. The number of aromatic nitrogens is 1. The number of nitrogens with zero attached hydrogens (tertiary/aromatic N) is 1. The average Bonchev–Trinajstić information content (AvgIpc) is 3.24. The molecule has 0 aliphatic heterocycles. The predicted octanol–water partition coefficient (Wildman–Crippen LogP) is 5.24. The van der Waals surface area contributed by atoms with Crippen molar-refractivity contribution in [1.29, 1.82) is 0 Å². The van der Waals surface area contributed by atoms with Crippen molar-refractivity contribution in [2.24, 2.45) is 0 Å². The number of benzene rings is 3. The van der Waals surface area contributed by atoms with Crippen LogP contribution in [0.15, 0.2) is 87.1 Å². The monoisotopic (exact) mass is 452 g/mol. The second kappa shape index (κ2) is 8.84. The van der Waals surface area contributed by atoms with E-state index in [4.69, 9.17) is 9.15 Å². The molecule has 0 aliphatic rings. The molecule has 0 atom stereocenters. The lowest BCUT2D eigenvalue weighted by Gasteiger charge is -2.07. The maximum Gasteiger partial charge on any atom is 0.234 e. The van der Waals surface area contributed by atoms with Crippen molar-refractivity contribution in [3.63, 3.8) is 0 Å². The zero-order valence-corrected chi connectivity index (χ0v) is 18.3. The van der Waals surface area contributed by atoms with Crippen LogP contribution < -0.4 is 10.1 Å². The number of nitrogens with one attached hydrogen (secondary N) is 1. The Morgan fingerprint density at radius 1 is 1.00 bits per heavy atom. The summed E-state index contributed by atoms with van der Waals surface area (Å²) in [5.41, 5.74) is 2.52. The fourth-order valence-corrected chi connectivity index (χ4v) is 4.46. The summed E-state index contributed by atoms with van der Waals surface area (Å²) in [6.07, 6.45) is 0. The maximum absolute atomic E-state index is 14.3. The van der Waals surface area contributed by atoms with Gasteiger partial charge in [0, 0.05) is 12.1 Å². The largest absolute Gasteiger partial charge is 0.497 e. The number of aryl methyl sites for hydroxylation is 1. The minimum Gasteiger partial charge on any atom is -0.497 e. The van der Waals surface area contributed by atoms with Gasteiger partial charge in [0.25, 0.3) is 0 Å². The molecule has 0 radical (unpaired) electrons. The third kappa shape index (κ3) is 4.36. The summed E-state index contributed by atoms with van der Waals surface area (Å²) >= 11 is 0. The van der Waals surface area contributed by atoms with E-state index in [1.807, 2.05) is 31.2 Å². The summed E-state index contributed by atoms with van der Waals surface area (Å²) in [6, 6.07) is 19.8. The molecule has 0 aliphatic carbocycles. The summed E-state index contributed by atoms with van der Waals surface area (Å²) in [6.45, 7) is 2.21. The molecule has 4 rings (SSSR count). The molecule has 1 heterocycles. The van der Waals surface area contributed by atoms with E-state index in [0.717, 1.165) is 17.2 Å². The van der Waals surface area contributed by atoms with Gasteiger partial charge in [0.1, 0.15) is 16.5 Å². The highest BCUT2D eigenvalue weighted by Crippen LogP contribution is 2.33. The molecule has 1 aromatic heterocycles. The van der Waals surface area contributed by atoms with Crippen LogP contribution in [0.3, 0.4) is 0 Å². The Labute approximate surface area is 185 Å². The van der Waals surface area contributed by atoms with Crippen LogP contribution in [0.4, 0.5) is 10.3 Å². The van der Waals surface area contributed by atoms with Gasteiger partial charge in [-0.3, -0.25) is 0 Å². The molecular formula is C24H21FN2O4S. The summed E-state index contributed by atoms with van der Waals surface area (Å²) in [5.74, 6) is -0.0804. The number of oxazole rings is 1. The van der Waals surface area contributed by atoms with Gasteiger partial charge in [-0.1, -0.05) is 42.0 Å². The van der Waals surface area contributed by atoms with Crippen molar-refractivity contribution in [2.45, 2.75) is 23.4 Å². The molecule has 0 spiro atoms. The van der Waals surface area contributed by atoms with Gasteiger partial charge in [0.05, 0.1) is 7.11 Å². The molecule has 6 nitrogen and oxygen atoms in total. The normalized spacial score (nSPS) is 11.3. The van der Waals surface area contributed by atoms with Crippen molar-refractivity contribution in [3.05, 3.63) is 89.7 Å². The van der Waals surface area contributed by atoms with Gasteiger partial charge in [0.15, 0.2) is 0 Å². The van der Waals surface area contributed by atoms with Crippen molar-refractivity contribution in [2.75, 3.05) is 12.4 Å². The maximum atomic E-state index is 14.3. The Morgan fingerprint density at radius 2 is 1.69 bits per heavy atom. The molecule has 32 heavy (non-hydrogen) atoms. The summed E-state index contributed by atoms with van der Waals surface area (Å²) in [5, 5.41) is 2.62. The number of sulfone groups is 1. The molecule has 0 saturated carbocycles. The molecule has 0 amide bonds. The molecule has 0 unspecified atom stereocenters. The van der Waals surface area contributed by atoms with E-state index < -0.39 is 20.5 Å². The number of hydrogen-bond donors (Lipinski definition) is 1. The standard InChI is InChI=1S/C24H21FN2O4S/c1-16-7-11-18(12-8-16)22-27-24(32(28,29)21-6-4-3-5-20(21)25)23(31-22)26-15-17-9-13-19(30-2)14-10-17/h3-14,26H,15H2,1-2H3. The highest BCUT2D eigenvalue weighted by Gasteiger charge is 2.30. The fourth-order valence-electron chi connectivity index (χ4n) is 3.11. The Bertz CT molecular complexity index is 1330. The van der Waals surface area contributed by atoms with E-state index in [9.17, 15) is 12.8 Å². The summed E-state index contributed by atoms with van der Waals surface area (Å²) in [7, 11) is -2.70. The molecule has 0 fully saturated rings. The van der Waals surface area contributed by atoms with Gasteiger partial charge in [-0.05, 0) is 48.9 Å². The van der Waals surface area contributed by atoms with Crippen molar-refractivity contribution >= 4 is 15.7 Å². The molecule has 0 saturated heterocycles. The van der Waals surface area contributed by atoms with Crippen LogP contribution in [0.25, 0.3) is 11.5 Å². The van der Waals surface area contributed by atoms with Crippen LogP contribution in [-0.2, 0) is 16.4 Å². The smallest absolute Gasteiger partial charge is 0.234 e. The van der Waals surface area contributed by atoms with Crippen LogP contribution in [-0.4, -0.2) is 20.5 Å². The zero-order chi connectivity index (χ0) is 22.7. The first kappa shape index (κ1) is 21.6. The SMILES string of the molecule is COc1ccc(CNc2oc(-c3ccc(C)cc3)nc2S(=O)(=O)c2ccccc2F)cc1. The van der Waals surface area contributed by atoms with Gasteiger partial charge >= 0.3 is 0 Å². The lowest BCUT2D eigenvalue weighted by Crippen LogP contribution is -2.09. The minimum absolute atomic E-state index is 0.0559. The van der Waals surface area contributed by atoms with Crippen molar-refractivity contribution in [1.82, 2.24) is 4.98 Å². The number of anilines is 1. The first-order chi connectivity index (χ1) is 15.4. The van der Waals surface area contributed by atoms with Gasteiger partial charge in [0.2, 0.25) is 26.6 Å². The van der Waals surface area contributed by atoms with Crippen LogP contribution in [0.1, 0.15) is 11.1 Å². The van der Waals surface area contributed by atoms with E-state index in [2.05, 4.69) is 10.3 Å². The lowest BCUT2D eigenvalue weighted by atomic mass is 10.1. The molecule has 8 heteroatoms. The minimum atomic E-state index is -4.27. The summed E-state index contributed by atoms with van der Waals surface area (Å²) in [4.78, 5) is 3.77. The zero-order valence-electron chi connectivity index (χ0n) is 17.5. The second-order valence-corrected chi connectivity index (χ2v) is 8.99. The van der Waals surface area contributed by atoms with Crippen LogP contribution in [0, 0.1) is 12.7 Å². The molecule has 0 bridgehead atoms. The van der Waals surface area contributed by atoms with Gasteiger partial charge < -0.3 is 14.5 Å². The predicted molar refractivity (Wildman–Crippen MR) is 119 cm³/mol. The molecule has 3 aromatic carbocycles. The first-order valence-corrected chi connectivity index (χ1v) is 11.3. The molecule has 4 aromatic rings. The highest BCUT2D eigenvalue weighted by molar-refractivity contribution is 7.91. The lowest BCUT2D eigenvalue weighted by molar-refractivity contribution is 0.414. The Balaban J connectivity index is 1.74. The van der Waals surface area contributed by atoms with E-state index in [1.165, 1.54) is 18.2 Å². The van der Waals surface area contributed by atoms with Crippen LogP contribution in [0.2, 0.25) is 0 Å². The van der Waals surface area contributed by atoms with E-state index in [0.29, 0.717) is 11.3 Å².